The zero-order chi connectivity index (χ0) is 24.3. The summed E-state index contributed by atoms with van der Waals surface area (Å²) in [6.45, 7) is 6.44. The summed E-state index contributed by atoms with van der Waals surface area (Å²) >= 11 is 0. The zero-order valence-electron chi connectivity index (χ0n) is 19.2. The first-order valence-corrected chi connectivity index (χ1v) is 11.4. The SMILES string of the molecule is CC(C)CC(NC(=O)c1ccco1)c1nnc2n1CCN(Cc1cccc(C(F)(F)F)c1)CC2. The van der Waals surface area contributed by atoms with Gasteiger partial charge in [0.25, 0.3) is 5.91 Å². The van der Waals surface area contributed by atoms with Gasteiger partial charge in [0.2, 0.25) is 0 Å². The minimum atomic E-state index is -4.36. The van der Waals surface area contributed by atoms with Gasteiger partial charge in [-0.25, -0.2) is 0 Å². The van der Waals surface area contributed by atoms with Crippen molar-refractivity contribution in [3.8, 4) is 0 Å². The van der Waals surface area contributed by atoms with Gasteiger partial charge in [-0.2, -0.15) is 13.2 Å². The lowest BCUT2D eigenvalue weighted by Gasteiger charge is -2.22. The van der Waals surface area contributed by atoms with Crippen LogP contribution in [0.25, 0.3) is 0 Å². The van der Waals surface area contributed by atoms with Crippen molar-refractivity contribution in [1.82, 2.24) is 25.0 Å². The van der Waals surface area contributed by atoms with E-state index in [0.717, 1.165) is 11.9 Å². The molecular weight excluding hydrogens is 447 g/mol. The normalized spacial score (nSPS) is 15.7. The number of benzene rings is 1. The summed E-state index contributed by atoms with van der Waals surface area (Å²) in [6, 6.07) is 8.39. The number of halogens is 3. The van der Waals surface area contributed by atoms with Crippen molar-refractivity contribution >= 4 is 5.91 Å². The summed E-state index contributed by atoms with van der Waals surface area (Å²) in [7, 11) is 0. The van der Waals surface area contributed by atoms with Gasteiger partial charge in [-0.15, -0.1) is 10.2 Å². The van der Waals surface area contributed by atoms with Crippen LogP contribution < -0.4 is 5.32 Å². The molecule has 0 bridgehead atoms. The maximum Gasteiger partial charge on any atom is 0.416 e. The van der Waals surface area contributed by atoms with Crippen molar-refractivity contribution in [3.05, 3.63) is 71.2 Å². The predicted molar refractivity (Wildman–Crippen MR) is 119 cm³/mol. The van der Waals surface area contributed by atoms with Crippen LogP contribution in [0.3, 0.4) is 0 Å². The highest BCUT2D eigenvalue weighted by Gasteiger charge is 2.31. The van der Waals surface area contributed by atoms with Crippen LogP contribution in [0.15, 0.2) is 47.1 Å². The Morgan fingerprint density at radius 1 is 1.15 bits per heavy atom. The van der Waals surface area contributed by atoms with E-state index in [0.29, 0.717) is 56.3 Å². The summed E-state index contributed by atoms with van der Waals surface area (Å²) in [5, 5.41) is 11.8. The average Bonchev–Trinajstić information content (AvgIpc) is 3.41. The molecule has 10 heteroatoms. The van der Waals surface area contributed by atoms with E-state index in [1.165, 1.54) is 18.4 Å². The first kappa shape index (κ1) is 24.0. The highest BCUT2D eigenvalue weighted by atomic mass is 19.4. The van der Waals surface area contributed by atoms with Gasteiger partial charge in [0, 0.05) is 32.6 Å². The molecule has 0 fully saturated rings. The number of alkyl halides is 3. The number of aromatic nitrogens is 3. The third kappa shape index (κ3) is 5.67. The Kier molecular flexibility index (Phi) is 7.06. The van der Waals surface area contributed by atoms with Crippen LogP contribution >= 0.6 is 0 Å². The van der Waals surface area contributed by atoms with E-state index in [1.54, 1.807) is 18.2 Å². The van der Waals surface area contributed by atoms with Crippen LogP contribution in [0.2, 0.25) is 0 Å². The second kappa shape index (κ2) is 10.0. The van der Waals surface area contributed by atoms with Crippen molar-refractivity contribution in [2.24, 2.45) is 5.92 Å². The van der Waals surface area contributed by atoms with E-state index in [2.05, 4.69) is 34.3 Å². The highest BCUT2D eigenvalue weighted by Crippen LogP contribution is 2.30. The molecule has 3 heterocycles. The molecule has 1 unspecified atom stereocenters. The number of furan rings is 1. The lowest BCUT2D eigenvalue weighted by molar-refractivity contribution is -0.137. The number of fused-ring (bicyclic) bond motifs is 1. The molecule has 0 saturated carbocycles. The molecule has 0 aliphatic carbocycles. The average molecular weight is 476 g/mol. The molecule has 34 heavy (non-hydrogen) atoms. The van der Waals surface area contributed by atoms with Crippen molar-refractivity contribution < 1.29 is 22.4 Å². The summed E-state index contributed by atoms with van der Waals surface area (Å²) in [4.78, 5) is 14.7. The Bertz CT molecular complexity index is 1110. The molecule has 0 radical (unpaired) electrons. The van der Waals surface area contributed by atoms with Gasteiger partial charge in [-0.3, -0.25) is 9.69 Å². The van der Waals surface area contributed by atoms with Gasteiger partial charge in [0.05, 0.1) is 17.9 Å². The second-order valence-corrected chi connectivity index (χ2v) is 8.98. The highest BCUT2D eigenvalue weighted by molar-refractivity contribution is 5.91. The van der Waals surface area contributed by atoms with Crippen molar-refractivity contribution in [2.75, 3.05) is 13.1 Å². The van der Waals surface area contributed by atoms with Gasteiger partial charge >= 0.3 is 6.18 Å². The molecule has 7 nitrogen and oxygen atoms in total. The minimum Gasteiger partial charge on any atom is -0.459 e. The smallest absolute Gasteiger partial charge is 0.416 e. The molecule has 2 aromatic heterocycles. The molecule has 4 rings (SSSR count). The quantitative estimate of drug-likeness (QED) is 0.546. The molecule has 0 spiro atoms. The van der Waals surface area contributed by atoms with Crippen molar-refractivity contribution in [1.29, 1.82) is 0 Å². The molecule has 182 valence electrons. The van der Waals surface area contributed by atoms with E-state index >= 15 is 0 Å². The van der Waals surface area contributed by atoms with E-state index in [4.69, 9.17) is 4.42 Å². The summed E-state index contributed by atoms with van der Waals surface area (Å²) < 4.78 is 46.5. The van der Waals surface area contributed by atoms with E-state index in [-0.39, 0.29) is 17.7 Å². The second-order valence-electron chi connectivity index (χ2n) is 8.98. The number of hydrogen-bond acceptors (Lipinski definition) is 5. The van der Waals surface area contributed by atoms with Crippen molar-refractivity contribution in [3.63, 3.8) is 0 Å². The first-order valence-electron chi connectivity index (χ1n) is 11.4. The Hall–Kier alpha value is -3.14. The van der Waals surface area contributed by atoms with E-state index in [9.17, 15) is 18.0 Å². The predicted octanol–water partition coefficient (Wildman–Crippen LogP) is 4.47. The van der Waals surface area contributed by atoms with Gasteiger partial charge in [0.15, 0.2) is 11.6 Å². The Labute approximate surface area is 196 Å². The molecule has 3 aromatic rings. The molecule has 1 amide bonds. The number of hydrogen-bond donors (Lipinski definition) is 1. The van der Waals surface area contributed by atoms with Crippen LogP contribution in [0.5, 0.6) is 0 Å². The Morgan fingerprint density at radius 3 is 2.68 bits per heavy atom. The molecule has 1 atom stereocenters. The van der Waals surface area contributed by atoms with Crippen LogP contribution in [0.1, 0.15) is 59.6 Å². The largest absolute Gasteiger partial charge is 0.459 e. The lowest BCUT2D eigenvalue weighted by atomic mass is 10.0. The number of carbonyl (C=O) groups excluding carboxylic acids is 1. The maximum absolute atomic E-state index is 13.1. The number of nitrogens with one attached hydrogen (secondary N) is 1. The lowest BCUT2D eigenvalue weighted by Crippen LogP contribution is -2.32. The fourth-order valence-corrected chi connectivity index (χ4v) is 4.25. The number of carbonyl (C=O) groups is 1. The van der Waals surface area contributed by atoms with Crippen LogP contribution in [0, 0.1) is 5.92 Å². The van der Waals surface area contributed by atoms with Crippen LogP contribution in [-0.4, -0.2) is 38.7 Å². The fourth-order valence-electron chi connectivity index (χ4n) is 4.25. The Morgan fingerprint density at radius 2 is 1.97 bits per heavy atom. The minimum absolute atomic E-state index is 0.233. The molecule has 0 saturated heterocycles. The monoisotopic (exact) mass is 475 g/mol. The molecule has 1 aliphatic rings. The number of rotatable bonds is 7. The van der Waals surface area contributed by atoms with E-state index in [1.807, 2.05) is 4.57 Å². The van der Waals surface area contributed by atoms with Crippen LogP contribution in [0.4, 0.5) is 13.2 Å². The van der Waals surface area contributed by atoms with Gasteiger partial charge in [-0.1, -0.05) is 32.0 Å². The third-order valence-electron chi connectivity index (χ3n) is 5.88. The molecule has 1 aliphatic heterocycles. The maximum atomic E-state index is 13.1. The summed E-state index contributed by atoms with van der Waals surface area (Å²) in [5.74, 6) is 1.72. The number of nitrogens with zero attached hydrogens (tertiary/aromatic N) is 4. The standard InChI is InChI=1S/C24H28F3N5O2/c1-16(2)13-19(28-23(33)20-7-4-12-34-20)22-30-29-21-8-9-31(10-11-32(21)22)15-17-5-3-6-18(14-17)24(25,26)27/h3-7,12,14,16,19H,8-11,13,15H2,1-2H3,(H,28,33). The first-order chi connectivity index (χ1) is 16.2. The van der Waals surface area contributed by atoms with Gasteiger partial charge in [-0.05, 0) is 36.1 Å². The van der Waals surface area contributed by atoms with Crippen LogP contribution in [-0.2, 0) is 25.7 Å². The van der Waals surface area contributed by atoms with Gasteiger partial charge < -0.3 is 14.3 Å². The van der Waals surface area contributed by atoms with E-state index < -0.39 is 11.7 Å². The topological polar surface area (TPSA) is 76.2 Å². The summed E-state index contributed by atoms with van der Waals surface area (Å²) in [5.41, 5.74) is -0.0147. The summed E-state index contributed by atoms with van der Waals surface area (Å²) in [6.07, 6.45) is -1.61. The fraction of sp³-hybridized carbons (Fsp3) is 0.458. The third-order valence-corrected chi connectivity index (χ3v) is 5.88. The van der Waals surface area contributed by atoms with Gasteiger partial charge in [0.1, 0.15) is 5.82 Å². The molecule has 1 aromatic carbocycles. The molecular formula is C24H28F3N5O2. The molecule has 1 N–H and O–H groups in total. The number of amides is 1. The van der Waals surface area contributed by atoms with Crippen molar-refractivity contribution in [2.45, 2.75) is 52.0 Å². The zero-order valence-corrected chi connectivity index (χ0v) is 19.2. The Balaban J connectivity index is 1.48.